The molecule has 3 N–H and O–H groups in total. The Kier molecular flexibility index (Phi) is 11.1. The van der Waals surface area contributed by atoms with E-state index in [4.69, 9.17) is 34.2 Å². The average Bonchev–Trinajstić information content (AvgIpc) is 2.82. The van der Waals surface area contributed by atoms with Crippen molar-refractivity contribution in [1.29, 1.82) is 0 Å². The molecule has 0 aliphatic carbocycles. The summed E-state index contributed by atoms with van der Waals surface area (Å²) in [6.07, 6.45) is -3.14. The lowest BCUT2D eigenvalue weighted by molar-refractivity contribution is -0.139. The fourth-order valence-corrected chi connectivity index (χ4v) is 3.58. The maximum atomic E-state index is 12.5. The van der Waals surface area contributed by atoms with E-state index in [0.29, 0.717) is 5.56 Å². The van der Waals surface area contributed by atoms with E-state index in [1.54, 1.807) is 78.8 Å². The first-order chi connectivity index (χ1) is 18.9. The summed E-state index contributed by atoms with van der Waals surface area (Å²) in [5, 5.41) is 9.71. The van der Waals surface area contributed by atoms with Crippen LogP contribution in [0.4, 0.5) is 14.4 Å². The number of carboxylic acid groups (broad SMARTS) is 1. The van der Waals surface area contributed by atoms with Gasteiger partial charge < -0.3 is 39.3 Å². The number of nitrogens with two attached hydrogens (primary N) is 1. The molecule has 0 fully saturated rings. The molecule has 41 heavy (non-hydrogen) atoms. The summed E-state index contributed by atoms with van der Waals surface area (Å²) in [5.41, 5.74) is 4.58. The van der Waals surface area contributed by atoms with Crippen molar-refractivity contribution in [2.45, 2.75) is 71.6 Å². The zero-order chi connectivity index (χ0) is 31.0. The lowest BCUT2D eigenvalue weighted by atomic mass is 9.82. The largest absolute Gasteiger partial charge is 0.514 e. The summed E-state index contributed by atoms with van der Waals surface area (Å²) in [5.74, 6) is -3.09. The Morgan fingerprint density at radius 1 is 0.780 bits per heavy atom. The van der Waals surface area contributed by atoms with E-state index in [1.807, 2.05) is 0 Å². The monoisotopic (exact) mass is 575 g/mol. The molecular weight excluding hydrogens is 538 g/mol. The van der Waals surface area contributed by atoms with Gasteiger partial charge in [0.05, 0.1) is 6.61 Å². The Labute approximate surface area is 238 Å². The van der Waals surface area contributed by atoms with Crippen molar-refractivity contribution in [3.8, 4) is 17.2 Å². The highest BCUT2D eigenvalue weighted by atomic mass is 16.8. The van der Waals surface area contributed by atoms with E-state index in [1.165, 1.54) is 18.2 Å². The SMILES string of the molecule is CC(COC(=O)Oc1ccccc1)C(c1ccc(OC(=O)OC(C)(C)C)c(OC(=O)OC(C)(C)C)c1)[C@H](N)C(=O)O. The van der Waals surface area contributed by atoms with E-state index in [2.05, 4.69) is 0 Å². The molecule has 2 aromatic rings. The lowest BCUT2D eigenvalue weighted by Crippen LogP contribution is -2.40. The first-order valence-corrected chi connectivity index (χ1v) is 12.8. The van der Waals surface area contributed by atoms with E-state index in [-0.39, 0.29) is 23.9 Å². The second-order valence-electron chi connectivity index (χ2n) is 11.2. The number of carbonyl (C=O) groups is 4. The van der Waals surface area contributed by atoms with Crippen LogP contribution in [0.1, 0.15) is 59.9 Å². The smallest absolute Gasteiger partial charge is 0.480 e. The molecule has 0 spiro atoms. The van der Waals surface area contributed by atoms with Gasteiger partial charge in [0.25, 0.3) is 0 Å². The Balaban J connectivity index is 2.36. The van der Waals surface area contributed by atoms with Crippen LogP contribution in [-0.4, -0.2) is 53.4 Å². The quantitative estimate of drug-likeness (QED) is 0.214. The van der Waals surface area contributed by atoms with Gasteiger partial charge in [-0.3, -0.25) is 4.79 Å². The summed E-state index contributed by atoms with van der Waals surface area (Å²) >= 11 is 0. The van der Waals surface area contributed by atoms with Gasteiger partial charge in [0.15, 0.2) is 11.5 Å². The van der Waals surface area contributed by atoms with Crippen LogP contribution < -0.4 is 19.9 Å². The van der Waals surface area contributed by atoms with Gasteiger partial charge in [-0.15, -0.1) is 0 Å². The maximum absolute atomic E-state index is 12.5. The molecule has 0 radical (unpaired) electrons. The highest BCUT2D eigenvalue weighted by Crippen LogP contribution is 2.36. The van der Waals surface area contributed by atoms with Gasteiger partial charge in [-0.1, -0.05) is 31.2 Å². The van der Waals surface area contributed by atoms with Crippen LogP contribution in [0, 0.1) is 5.92 Å². The van der Waals surface area contributed by atoms with Gasteiger partial charge in [-0.05, 0) is 77.3 Å². The summed E-state index contributed by atoms with van der Waals surface area (Å²) < 4.78 is 31.3. The molecule has 0 saturated heterocycles. The normalized spacial score (nSPS) is 13.7. The van der Waals surface area contributed by atoms with Crippen molar-refractivity contribution in [2.24, 2.45) is 11.7 Å². The Morgan fingerprint density at radius 2 is 1.32 bits per heavy atom. The third kappa shape index (κ3) is 11.4. The molecular formula is C29H37NO11. The second kappa shape index (κ2) is 13.8. The predicted octanol–water partition coefficient (Wildman–Crippen LogP) is 5.66. The maximum Gasteiger partial charge on any atom is 0.514 e. The first-order valence-electron chi connectivity index (χ1n) is 12.8. The number of carbonyl (C=O) groups excluding carboxylic acids is 3. The summed E-state index contributed by atoms with van der Waals surface area (Å²) in [7, 11) is 0. The van der Waals surface area contributed by atoms with Crippen LogP contribution in [0.5, 0.6) is 17.2 Å². The van der Waals surface area contributed by atoms with E-state index in [0.717, 1.165) is 0 Å². The highest BCUT2D eigenvalue weighted by Gasteiger charge is 2.33. The lowest BCUT2D eigenvalue weighted by Gasteiger charge is -2.28. The average molecular weight is 576 g/mol. The molecule has 12 heteroatoms. The van der Waals surface area contributed by atoms with Crippen LogP contribution in [0.25, 0.3) is 0 Å². The highest BCUT2D eigenvalue weighted by molar-refractivity contribution is 5.75. The molecule has 0 aliphatic rings. The molecule has 0 bridgehead atoms. The standard InChI is InChI=1S/C29H37NO11/c1-17(16-36-25(33)37-19-11-9-8-10-12-19)22(23(30)24(31)32)18-13-14-20(38-26(34)40-28(2,3)4)21(15-18)39-27(35)41-29(5,6)7/h8-15,17,22-23H,16,30H2,1-7H3,(H,31,32)/t17?,22?,23-/m0/s1. The van der Waals surface area contributed by atoms with Crippen molar-refractivity contribution >= 4 is 24.4 Å². The number of hydrogen-bond donors (Lipinski definition) is 2. The molecule has 0 saturated carbocycles. The predicted molar refractivity (Wildman–Crippen MR) is 146 cm³/mol. The van der Waals surface area contributed by atoms with Crippen molar-refractivity contribution < 1.29 is 52.7 Å². The van der Waals surface area contributed by atoms with Gasteiger partial charge in [0.2, 0.25) is 0 Å². The van der Waals surface area contributed by atoms with E-state index < -0.39 is 53.5 Å². The Morgan fingerprint density at radius 3 is 1.83 bits per heavy atom. The van der Waals surface area contributed by atoms with Crippen LogP contribution in [-0.2, 0) is 19.0 Å². The molecule has 2 unspecified atom stereocenters. The summed E-state index contributed by atoms with van der Waals surface area (Å²) in [6.45, 7) is 11.2. The van der Waals surface area contributed by atoms with Crippen molar-refractivity contribution in [1.82, 2.24) is 0 Å². The minimum atomic E-state index is -1.45. The molecule has 0 heterocycles. The Hall–Kier alpha value is -4.32. The third-order valence-corrected chi connectivity index (χ3v) is 5.21. The zero-order valence-corrected chi connectivity index (χ0v) is 24.2. The Bertz CT molecular complexity index is 1220. The number of aliphatic carboxylic acids is 1. The van der Waals surface area contributed by atoms with Crippen LogP contribution in [0.15, 0.2) is 48.5 Å². The van der Waals surface area contributed by atoms with Gasteiger partial charge >= 0.3 is 24.4 Å². The number of hydrogen-bond acceptors (Lipinski definition) is 11. The minimum Gasteiger partial charge on any atom is -0.480 e. The topological polar surface area (TPSA) is 170 Å². The third-order valence-electron chi connectivity index (χ3n) is 5.21. The number of ether oxygens (including phenoxy) is 6. The molecule has 0 aromatic heterocycles. The number of rotatable bonds is 9. The van der Waals surface area contributed by atoms with Gasteiger partial charge in [0.1, 0.15) is 23.0 Å². The van der Waals surface area contributed by atoms with Crippen molar-refractivity contribution in [3.05, 3.63) is 54.1 Å². The fourth-order valence-electron chi connectivity index (χ4n) is 3.58. The molecule has 224 valence electrons. The van der Waals surface area contributed by atoms with Crippen molar-refractivity contribution in [2.75, 3.05) is 6.61 Å². The second-order valence-corrected chi connectivity index (χ2v) is 11.2. The molecule has 0 amide bonds. The fraction of sp³-hybridized carbons (Fsp3) is 0.448. The zero-order valence-electron chi connectivity index (χ0n) is 24.2. The van der Waals surface area contributed by atoms with Gasteiger partial charge in [-0.25, -0.2) is 14.4 Å². The van der Waals surface area contributed by atoms with Crippen molar-refractivity contribution in [3.63, 3.8) is 0 Å². The first kappa shape index (κ1) is 32.9. The number of carboxylic acids is 1. The molecule has 3 atom stereocenters. The molecule has 2 rings (SSSR count). The molecule has 2 aromatic carbocycles. The van der Waals surface area contributed by atoms with Gasteiger partial charge in [-0.2, -0.15) is 0 Å². The van der Waals surface area contributed by atoms with Gasteiger partial charge in [0, 0.05) is 5.92 Å². The van der Waals surface area contributed by atoms with E-state index >= 15 is 0 Å². The minimum absolute atomic E-state index is 0.188. The van der Waals surface area contributed by atoms with E-state index in [9.17, 15) is 24.3 Å². The van der Waals surface area contributed by atoms with Crippen LogP contribution in [0.3, 0.4) is 0 Å². The van der Waals surface area contributed by atoms with Crippen LogP contribution in [0.2, 0.25) is 0 Å². The molecule has 12 nitrogen and oxygen atoms in total. The van der Waals surface area contributed by atoms with Crippen LogP contribution >= 0.6 is 0 Å². The number of para-hydroxylation sites is 1. The number of benzene rings is 2. The summed E-state index contributed by atoms with van der Waals surface area (Å²) in [4.78, 5) is 48.9. The summed E-state index contributed by atoms with van der Waals surface area (Å²) in [6, 6.07) is 10.9. The molecule has 0 aliphatic heterocycles.